The summed E-state index contributed by atoms with van der Waals surface area (Å²) in [6.45, 7) is 4.70. The fourth-order valence-electron chi connectivity index (χ4n) is 3.05. The monoisotopic (exact) mass is 355 g/mol. The predicted molar refractivity (Wildman–Crippen MR) is 92.7 cm³/mol. The number of nitrogens with one attached hydrogen (secondary N) is 2. The van der Waals surface area contributed by atoms with Crippen LogP contribution in [0.1, 0.15) is 32.3 Å². The van der Waals surface area contributed by atoms with E-state index in [4.69, 9.17) is 0 Å². The first-order valence-corrected chi connectivity index (χ1v) is 8.73. The second-order valence-corrected chi connectivity index (χ2v) is 6.78. The lowest BCUT2D eigenvalue weighted by atomic mass is 10.0. The molecule has 7 heteroatoms. The number of nitrogens with zero attached hydrogens (tertiary/aromatic N) is 1. The Morgan fingerprint density at radius 2 is 1.96 bits per heavy atom. The Kier molecular flexibility index (Phi) is 7.43. The molecule has 0 atom stereocenters. The minimum absolute atomic E-state index is 0.0831. The second-order valence-electron chi connectivity index (χ2n) is 6.78. The van der Waals surface area contributed by atoms with Gasteiger partial charge in [0.25, 0.3) is 0 Å². The number of alkyl halides is 2. The van der Waals surface area contributed by atoms with Crippen molar-refractivity contribution in [2.45, 2.75) is 45.9 Å². The molecule has 0 aromatic heterocycles. The molecule has 0 aliphatic carbocycles. The van der Waals surface area contributed by atoms with Crippen LogP contribution in [0.25, 0.3) is 0 Å². The zero-order chi connectivity index (χ0) is 18.2. The molecule has 0 radical (unpaired) electrons. The second kappa shape index (κ2) is 9.56. The summed E-state index contributed by atoms with van der Waals surface area (Å²) in [5.74, 6) is 0.725. The Morgan fingerprint density at radius 3 is 2.60 bits per heavy atom. The lowest BCUT2D eigenvalue weighted by Gasteiger charge is -2.33. The minimum atomic E-state index is -2.88. The molecular formula is C18H27F2N3O2. The summed E-state index contributed by atoms with van der Waals surface area (Å²) in [6.07, 6.45) is 1.84. The Bertz CT molecular complexity index is 547. The molecule has 2 amide bonds. The fourth-order valence-corrected chi connectivity index (χ4v) is 3.05. The molecule has 25 heavy (non-hydrogen) atoms. The van der Waals surface area contributed by atoms with Crippen LogP contribution in [0.3, 0.4) is 0 Å². The first-order valence-electron chi connectivity index (χ1n) is 8.73. The normalized spacial score (nSPS) is 16.2. The number of halogens is 2. The molecular weight excluding hydrogens is 328 g/mol. The van der Waals surface area contributed by atoms with Crippen molar-refractivity contribution in [2.75, 3.05) is 19.6 Å². The number of carbonyl (C=O) groups is 1. The number of piperidine rings is 1. The van der Waals surface area contributed by atoms with Gasteiger partial charge in [-0.15, -0.1) is 0 Å². The molecule has 2 N–H and O–H groups in total. The summed E-state index contributed by atoms with van der Waals surface area (Å²) < 4.78 is 29.2. The summed E-state index contributed by atoms with van der Waals surface area (Å²) in [6, 6.07) is 6.32. The van der Waals surface area contributed by atoms with E-state index in [9.17, 15) is 13.6 Å². The van der Waals surface area contributed by atoms with Gasteiger partial charge in [0.15, 0.2) is 0 Å². The zero-order valence-corrected chi connectivity index (χ0v) is 14.8. The van der Waals surface area contributed by atoms with E-state index in [0.29, 0.717) is 11.5 Å². The maximum absolute atomic E-state index is 12.4. The largest absolute Gasteiger partial charge is 0.434 e. The smallest absolute Gasteiger partial charge is 0.387 e. The quantitative estimate of drug-likeness (QED) is 0.790. The average Bonchev–Trinajstić information content (AvgIpc) is 2.55. The lowest BCUT2D eigenvalue weighted by molar-refractivity contribution is -0.0504. The molecule has 1 aliphatic rings. The van der Waals surface area contributed by atoms with Crippen LogP contribution >= 0.6 is 0 Å². The molecule has 0 unspecified atom stereocenters. The van der Waals surface area contributed by atoms with Crippen LogP contribution in [0, 0.1) is 5.92 Å². The number of urea groups is 1. The number of ether oxygens (including phenoxy) is 1. The minimum Gasteiger partial charge on any atom is -0.434 e. The van der Waals surface area contributed by atoms with E-state index in [-0.39, 0.29) is 24.4 Å². The SMILES string of the molecule is CC(C)CN1CCC(NC(=O)NCc2ccccc2OC(F)F)CC1. The number of carbonyl (C=O) groups excluding carboxylic acids is 1. The summed E-state index contributed by atoms with van der Waals surface area (Å²) in [7, 11) is 0. The van der Waals surface area contributed by atoms with E-state index in [1.807, 2.05) is 0 Å². The molecule has 1 fully saturated rings. The number of para-hydroxylation sites is 1. The van der Waals surface area contributed by atoms with E-state index in [2.05, 4.69) is 34.1 Å². The van der Waals surface area contributed by atoms with Crippen LogP contribution in [0.2, 0.25) is 0 Å². The van der Waals surface area contributed by atoms with Gasteiger partial charge in [-0.3, -0.25) is 0 Å². The van der Waals surface area contributed by atoms with Gasteiger partial charge in [-0.2, -0.15) is 8.78 Å². The fraction of sp³-hybridized carbons (Fsp3) is 0.611. The van der Waals surface area contributed by atoms with E-state index >= 15 is 0 Å². The predicted octanol–water partition coefficient (Wildman–Crippen LogP) is 3.21. The Labute approximate surface area is 147 Å². The van der Waals surface area contributed by atoms with Crippen molar-refractivity contribution in [3.05, 3.63) is 29.8 Å². The van der Waals surface area contributed by atoms with Crippen LogP contribution in [-0.2, 0) is 6.54 Å². The number of benzene rings is 1. The van der Waals surface area contributed by atoms with Crippen molar-refractivity contribution in [2.24, 2.45) is 5.92 Å². The first-order chi connectivity index (χ1) is 11.9. The summed E-state index contributed by atoms with van der Waals surface area (Å²) >= 11 is 0. The molecule has 140 valence electrons. The number of amides is 2. The summed E-state index contributed by atoms with van der Waals surface area (Å²) in [5, 5.41) is 5.67. The van der Waals surface area contributed by atoms with Gasteiger partial charge in [-0.05, 0) is 24.8 Å². The standard InChI is InChI=1S/C18H27F2N3O2/c1-13(2)12-23-9-7-15(8-10-23)22-18(24)21-11-14-5-3-4-6-16(14)25-17(19)20/h3-6,13,15,17H,7-12H2,1-2H3,(H2,21,22,24). The number of likely N-dealkylation sites (tertiary alicyclic amines) is 1. The maximum atomic E-state index is 12.4. The van der Waals surface area contributed by atoms with Crippen LogP contribution in [-0.4, -0.2) is 43.2 Å². The van der Waals surface area contributed by atoms with Crippen molar-refractivity contribution in [1.82, 2.24) is 15.5 Å². The molecule has 1 heterocycles. The molecule has 0 spiro atoms. The van der Waals surface area contributed by atoms with E-state index < -0.39 is 6.61 Å². The topological polar surface area (TPSA) is 53.6 Å². The van der Waals surface area contributed by atoms with Gasteiger partial charge in [0.05, 0.1) is 0 Å². The van der Waals surface area contributed by atoms with Gasteiger partial charge in [-0.25, -0.2) is 4.79 Å². The van der Waals surface area contributed by atoms with E-state index in [1.54, 1.807) is 18.2 Å². The average molecular weight is 355 g/mol. The molecule has 5 nitrogen and oxygen atoms in total. The molecule has 1 aromatic carbocycles. The van der Waals surface area contributed by atoms with Gasteiger partial charge in [-0.1, -0.05) is 32.0 Å². The maximum Gasteiger partial charge on any atom is 0.387 e. The van der Waals surface area contributed by atoms with E-state index in [1.165, 1.54) is 6.07 Å². The van der Waals surface area contributed by atoms with Gasteiger partial charge in [0, 0.05) is 37.8 Å². The highest BCUT2D eigenvalue weighted by Crippen LogP contribution is 2.20. The van der Waals surface area contributed by atoms with Crippen molar-refractivity contribution >= 4 is 6.03 Å². The van der Waals surface area contributed by atoms with Gasteiger partial charge in [0.1, 0.15) is 5.75 Å². The third kappa shape index (κ3) is 6.86. The number of hydrogen-bond donors (Lipinski definition) is 2. The van der Waals surface area contributed by atoms with Crippen molar-refractivity contribution in [1.29, 1.82) is 0 Å². The van der Waals surface area contributed by atoms with Crippen LogP contribution in [0.5, 0.6) is 5.75 Å². The van der Waals surface area contributed by atoms with Crippen LogP contribution in [0.15, 0.2) is 24.3 Å². The number of hydrogen-bond acceptors (Lipinski definition) is 3. The highest BCUT2D eigenvalue weighted by molar-refractivity contribution is 5.74. The summed E-state index contributed by atoms with van der Waals surface area (Å²) in [5.41, 5.74) is 0.518. The van der Waals surface area contributed by atoms with Crippen molar-refractivity contribution < 1.29 is 18.3 Å². The van der Waals surface area contributed by atoms with E-state index in [0.717, 1.165) is 32.5 Å². The van der Waals surface area contributed by atoms with Crippen LogP contribution < -0.4 is 15.4 Å². The van der Waals surface area contributed by atoms with Crippen molar-refractivity contribution in [3.63, 3.8) is 0 Å². The lowest BCUT2D eigenvalue weighted by Crippen LogP contribution is -2.48. The van der Waals surface area contributed by atoms with Gasteiger partial charge < -0.3 is 20.3 Å². The highest BCUT2D eigenvalue weighted by atomic mass is 19.3. The number of rotatable bonds is 7. The molecule has 0 saturated carbocycles. The molecule has 1 saturated heterocycles. The third-order valence-electron chi connectivity index (χ3n) is 4.17. The van der Waals surface area contributed by atoms with Gasteiger partial charge >= 0.3 is 12.6 Å². The Balaban J connectivity index is 1.75. The zero-order valence-electron chi connectivity index (χ0n) is 14.8. The third-order valence-corrected chi connectivity index (χ3v) is 4.17. The Morgan fingerprint density at radius 1 is 1.28 bits per heavy atom. The molecule has 0 bridgehead atoms. The molecule has 2 rings (SSSR count). The molecule has 1 aromatic rings. The molecule has 1 aliphatic heterocycles. The van der Waals surface area contributed by atoms with Crippen LogP contribution in [0.4, 0.5) is 13.6 Å². The highest BCUT2D eigenvalue weighted by Gasteiger charge is 2.21. The first kappa shape index (κ1) is 19.4. The summed E-state index contributed by atoms with van der Waals surface area (Å²) in [4.78, 5) is 14.5. The Hall–Kier alpha value is -1.89. The van der Waals surface area contributed by atoms with Crippen molar-refractivity contribution in [3.8, 4) is 5.75 Å². The van der Waals surface area contributed by atoms with Gasteiger partial charge in [0.2, 0.25) is 0 Å².